The second-order valence-electron chi connectivity index (χ2n) is 3.63. The van der Waals surface area contributed by atoms with E-state index in [4.69, 9.17) is 28.9 Å². The molecule has 2 rings (SSSR count). The number of pyridine rings is 1. The fourth-order valence-electron chi connectivity index (χ4n) is 1.35. The number of aromatic nitrogens is 1. The van der Waals surface area contributed by atoms with Gasteiger partial charge < -0.3 is 5.73 Å². The maximum absolute atomic E-state index is 12.1. The van der Waals surface area contributed by atoms with E-state index in [0.29, 0.717) is 5.02 Å². The van der Waals surface area contributed by atoms with Crippen LogP contribution in [0, 0.1) is 0 Å². The molecule has 19 heavy (non-hydrogen) atoms. The predicted octanol–water partition coefficient (Wildman–Crippen LogP) is 2.77. The molecule has 0 saturated heterocycles. The minimum absolute atomic E-state index is 0.00354. The van der Waals surface area contributed by atoms with E-state index in [1.807, 2.05) is 0 Å². The SMILES string of the molecule is Nc1cc(S(=O)(=O)Nc2cccc(Cl)n2)ccc1Cl. The lowest BCUT2D eigenvalue weighted by atomic mass is 10.3. The van der Waals surface area contributed by atoms with Gasteiger partial charge in [-0.15, -0.1) is 0 Å². The summed E-state index contributed by atoms with van der Waals surface area (Å²) in [6, 6.07) is 8.66. The molecule has 5 nitrogen and oxygen atoms in total. The van der Waals surface area contributed by atoms with E-state index >= 15 is 0 Å². The Morgan fingerprint density at radius 3 is 2.53 bits per heavy atom. The first-order chi connectivity index (χ1) is 8.88. The number of rotatable bonds is 3. The molecule has 0 fully saturated rings. The highest BCUT2D eigenvalue weighted by molar-refractivity contribution is 7.92. The Balaban J connectivity index is 2.35. The lowest BCUT2D eigenvalue weighted by Gasteiger charge is -2.08. The Labute approximate surface area is 120 Å². The first-order valence-corrected chi connectivity index (χ1v) is 7.33. The smallest absolute Gasteiger partial charge is 0.263 e. The zero-order valence-electron chi connectivity index (χ0n) is 9.47. The van der Waals surface area contributed by atoms with Crippen LogP contribution in [-0.2, 0) is 10.0 Å². The van der Waals surface area contributed by atoms with Gasteiger partial charge >= 0.3 is 0 Å². The van der Waals surface area contributed by atoms with Crippen LogP contribution in [0.1, 0.15) is 0 Å². The molecule has 1 aromatic carbocycles. The first kappa shape index (κ1) is 13.9. The predicted molar refractivity (Wildman–Crippen MR) is 75.9 cm³/mol. The topological polar surface area (TPSA) is 85.1 Å². The van der Waals surface area contributed by atoms with Gasteiger partial charge in [0.05, 0.1) is 15.6 Å². The Morgan fingerprint density at radius 2 is 1.89 bits per heavy atom. The van der Waals surface area contributed by atoms with Crippen LogP contribution in [0.15, 0.2) is 41.3 Å². The molecule has 0 bridgehead atoms. The Bertz CT molecular complexity index is 720. The quantitative estimate of drug-likeness (QED) is 0.673. The van der Waals surface area contributed by atoms with Crippen LogP contribution in [0.25, 0.3) is 0 Å². The number of anilines is 2. The van der Waals surface area contributed by atoms with E-state index < -0.39 is 10.0 Å². The summed E-state index contributed by atoms with van der Waals surface area (Å²) in [4.78, 5) is 3.84. The molecule has 0 atom stereocenters. The molecular weight excluding hydrogens is 309 g/mol. The fourth-order valence-corrected chi connectivity index (χ4v) is 2.67. The van der Waals surface area contributed by atoms with Crippen LogP contribution in [-0.4, -0.2) is 13.4 Å². The average Bonchev–Trinajstić information content (AvgIpc) is 2.32. The summed E-state index contributed by atoms with van der Waals surface area (Å²) < 4.78 is 26.5. The van der Waals surface area contributed by atoms with E-state index in [0.717, 1.165) is 0 Å². The van der Waals surface area contributed by atoms with Crippen LogP contribution >= 0.6 is 23.2 Å². The molecule has 0 unspecified atom stereocenters. The van der Waals surface area contributed by atoms with Gasteiger partial charge in [0.2, 0.25) is 0 Å². The van der Waals surface area contributed by atoms with Crippen molar-refractivity contribution < 1.29 is 8.42 Å². The highest BCUT2D eigenvalue weighted by atomic mass is 35.5. The minimum Gasteiger partial charge on any atom is -0.397 e. The molecule has 1 heterocycles. The Hall–Kier alpha value is -1.50. The lowest BCUT2D eigenvalue weighted by Crippen LogP contribution is -2.14. The summed E-state index contributed by atoms with van der Waals surface area (Å²) in [6.07, 6.45) is 0. The molecule has 0 amide bonds. The average molecular weight is 318 g/mol. The number of halogens is 2. The van der Waals surface area contributed by atoms with Gasteiger partial charge in [-0.3, -0.25) is 4.72 Å². The maximum Gasteiger partial charge on any atom is 0.263 e. The van der Waals surface area contributed by atoms with Crippen molar-refractivity contribution in [3.05, 3.63) is 46.6 Å². The summed E-state index contributed by atoms with van der Waals surface area (Å²) >= 11 is 11.4. The van der Waals surface area contributed by atoms with Gasteiger partial charge in [-0.25, -0.2) is 13.4 Å². The molecule has 0 radical (unpaired) electrons. The molecule has 100 valence electrons. The summed E-state index contributed by atoms with van der Waals surface area (Å²) in [7, 11) is -3.78. The molecular formula is C11H9Cl2N3O2S. The molecule has 3 N–H and O–H groups in total. The van der Waals surface area contributed by atoms with Crippen LogP contribution in [0.2, 0.25) is 10.2 Å². The molecule has 2 aromatic rings. The van der Waals surface area contributed by atoms with Crippen molar-refractivity contribution in [3.8, 4) is 0 Å². The van der Waals surface area contributed by atoms with Crippen molar-refractivity contribution in [2.75, 3.05) is 10.5 Å². The van der Waals surface area contributed by atoms with Crippen LogP contribution in [0.4, 0.5) is 11.5 Å². The number of benzene rings is 1. The summed E-state index contributed by atoms with van der Waals surface area (Å²) in [6.45, 7) is 0. The lowest BCUT2D eigenvalue weighted by molar-refractivity contribution is 0.601. The van der Waals surface area contributed by atoms with Crippen LogP contribution < -0.4 is 10.5 Å². The van der Waals surface area contributed by atoms with Crippen LogP contribution in [0.3, 0.4) is 0 Å². The summed E-state index contributed by atoms with van der Waals surface area (Å²) in [5, 5.41) is 0.482. The summed E-state index contributed by atoms with van der Waals surface area (Å²) in [5.74, 6) is 0.126. The van der Waals surface area contributed by atoms with Crippen molar-refractivity contribution in [2.24, 2.45) is 0 Å². The van der Waals surface area contributed by atoms with Crippen molar-refractivity contribution in [3.63, 3.8) is 0 Å². The van der Waals surface area contributed by atoms with E-state index in [1.54, 1.807) is 12.1 Å². The molecule has 0 aliphatic rings. The molecule has 8 heteroatoms. The van der Waals surface area contributed by atoms with Gasteiger partial charge in [-0.05, 0) is 30.3 Å². The third-order valence-corrected chi connectivity index (χ3v) is 4.14. The largest absolute Gasteiger partial charge is 0.397 e. The standard InChI is InChI=1S/C11H9Cl2N3O2S/c12-8-5-4-7(6-9(8)14)19(17,18)16-11-3-1-2-10(13)15-11/h1-6H,14H2,(H,15,16). The number of hydrogen-bond donors (Lipinski definition) is 2. The number of nitrogens with two attached hydrogens (primary N) is 1. The number of nitrogens with one attached hydrogen (secondary N) is 1. The van der Waals surface area contributed by atoms with Crippen molar-refractivity contribution in [2.45, 2.75) is 4.90 Å². The minimum atomic E-state index is -3.78. The van der Waals surface area contributed by atoms with E-state index in [1.165, 1.54) is 24.3 Å². The number of nitrogen functional groups attached to an aromatic ring is 1. The number of hydrogen-bond acceptors (Lipinski definition) is 4. The highest BCUT2D eigenvalue weighted by Crippen LogP contribution is 2.23. The van der Waals surface area contributed by atoms with Crippen molar-refractivity contribution in [1.82, 2.24) is 4.98 Å². The fraction of sp³-hybridized carbons (Fsp3) is 0. The Morgan fingerprint density at radius 1 is 1.16 bits per heavy atom. The Kier molecular flexibility index (Phi) is 3.84. The van der Waals surface area contributed by atoms with E-state index in [2.05, 4.69) is 9.71 Å². The monoisotopic (exact) mass is 317 g/mol. The zero-order valence-corrected chi connectivity index (χ0v) is 11.8. The highest BCUT2D eigenvalue weighted by Gasteiger charge is 2.16. The van der Waals surface area contributed by atoms with Gasteiger partial charge in [0.1, 0.15) is 11.0 Å². The molecule has 0 aliphatic heterocycles. The van der Waals surface area contributed by atoms with Crippen molar-refractivity contribution >= 4 is 44.7 Å². The van der Waals surface area contributed by atoms with Crippen molar-refractivity contribution in [1.29, 1.82) is 0 Å². The summed E-state index contributed by atoms with van der Waals surface area (Å²) in [5.41, 5.74) is 5.76. The van der Waals surface area contributed by atoms with E-state index in [9.17, 15) is 8.42 Å². The third-order valence-electron chi connectivity index (χ3n) is 2.23. The number of nitrogens with zero attached hydrogens (tertiary/aromatic N) is 1. The van der Waals surface area contributed by atoms with Gasteiger partial charge in [0.15, 0.2) is 0 Å². The molecule has 0 spiro atoms. The normalized spacial score (nSPS) is 11.3. The number of sulfonamides is 1. The van der Waals surface area contributed by atoms with E-state index in [-0.39, 0.29) is 21.6 Å². The van der Waals surface area contributed by atoms with Gasteiger partial charge in [-0.1, -0.05) is 29.3 Å². The van der Waals surface area contributed by atoms with Gasteiger partial charge in [-0.2, -0.15) is 0 Å². The van der Waals surface area contributed by atoms with Gasteiger partial charge in [0, 0.05) is 0 Å². The first-order valence-electron chi connectivity index (χ1n) is 5.09. The molecule has 1 aromatic heterocycles. The molecule has 0 saturated carbocycles. The van der Waals surface area contributed by atoms with Gasteiger partial charge in [0.25, 0.3) is 10.0 Å². The second-order valence-corrected chi connectivity index (χ2v) is 6.11. The zero-order chi connectivity index (χ0) is 14.0. The molecule has 0 aliphatic carbocycles. The second kappa shape index (κ2) is 5.24. The van der Waals surface area contributed by atoms with Crippen LogP contribution in [0.5, 0.6) is 0 Å². The maximum atomic E-state index is 12.1. The third kappa shape index (κ3) is 3.28.